The van der Waals surface area contributed by atoms with Crippen molar-refractivity contribution in [2.24, 2.45) is 0 Å². The van der Waals surface area contributed by atoms with Gasteiger partial charge in [-0.05, 0) is 34.1 Å². The lowest BCUT2D eigenvalue weighted by Crippen LogP contribution is -2.11. The number of hydrogen-bond donors (Lipinski definition) is 1. The number of benzene rings is 1. The van der Waals surface area contributed by atoms with E-state index in [1.165, 1.54) is 12.3 Å². The minimum atomic E-state index is -0.361. The van der Waals surface area contributed by atoms with Crippen molar-refractivity contribution < 1.29 is 9.32 Å². The molecule has 82 valence electrons. The van der Waals surface area contributed by atoms with Crippen LogP contribution in [0, 0.1) is 0 Å². The second-order valence-corrected chi connectivity index (χ2v) is 4.25. The Morgan fingerprint density at radius 3 is 2.88 bits per heavy atom. The van der Waals surface area contributed by atoms with Gasteiger partial charge in [0.15, 0.2) is 0 Å². The minimum absolute atomic E-state index is 0.154. The normalized spacial score (nSPS) is 10.1. The van der Waals surface area contributed by atoms with Gasteiger partial charge in [0.1, 0.15) is 0 Å². The molecule has 1 aromatic heterocycles. The summed E-state index contributed by atoms with van der Waals surface area (Å²) < 4.78 is 5.43. The van der Waals surface area contributed by atoms with Gasteiger partial charge in [-0.3, -0.25) is 4.79 Å². The molecule has 0 radical (unpaired) electrons. The molecular formula is C10H6BrClN2O2. The number of nitrogens with one attached hydrogen (secondary N) is 1. The maximum atomic E-state index is 11.6. The van der Waals surface area contributed by atoms with Gasteiger partial charge in [0.25, 0.3) is 5.91 Å². The molecule has 0 aliphatic carbocycles. The molecule has 1 amide bonds. The molecule has 1 heterocycles. The third kappa shape index (κ3) is 2.43. The first kappa shape index (κ1) is 11.2. The summed E-state index contributed by atoms with van der Waals surface area (Å²) in [6.45, 7) is 0. The van der Waals surface area contributed by atoms with Gasteiger partial charge in [0, 0.05) is 15.6 Å². The summed E-state index contributed by atoms with van der Waals surface area (Å²) in [5.41, 5.74) is 0.616. The van der Waals surface area contributed by atoms with Crippen LogP contribution in [0.15, 0.2) is 39.5 Å². The molecule has 0 aliphatic heterocycles. The number of anilines is 1. The maximum absolute atomic E-state index is 11.6. The smallest absolute Gasteiger partial charge is 0.294 e. The summed E-state index contributed by atoms with van der Waals surface area (Å²) in [4.78, 5) is 11.6. The highest BCUT2D eigenvalue weighted by atomic mass is 79.9. The summed E-state index contributed by atoms with van der Waals surface area (Å²) in [6.07, 6.45) is 1.41. The molecule has 2 rings (SSSR count). The molecular weight excluding hydrogens is 295 g/mol. The van der Waals surface area contributed by atoms with Gasteiger partial charge in [-0.25, -0.2) is 0 Å². The van der Waals surface area contributed by atoms with Crippen LogP contribution in [0.5, 0.6) is 0 Å². The highest BCUT2D eigenvalue weighted by molar-refractivity contribution is 9.10. The first-order valence-electron chi connectivity index (χ1n) is 4.34. The van der Waals surface area contributed by atoms with Crippen molar-refractivity contribution in [3.8, 4) is 0 Å². The number of nitrogens with zero attached hydrogens (tertiary/aromatic N) is 1. The fourth-order valence-corrected chi connectivity index (χ4v) is 1.89. The number of rotatable bonds is 2. The van der Waals surface area contributed by atoms with Crippen LogP contribution >= 0.6 is 27.5 Å². The fraction of sp³-hybridized carbons (Fsp3) is 0. The fourth-order valence-electron chi connectivity index (χ4n) is 1.11. The maximum Gasteiger partial charge on any atom is 0.294 e. The summed E-state index contributed by atoms with van der Waals surface area (Å²) >= 11 is 9.08. The van der Waals surface area contributed by atoms with E-state index in [0.29, 0.717) is 15.2 Å². The van der Waals surface area contributed by atoms with Crippen molar-refractivity contribution in [3.63, 3.8) is 0 Å². The number of halogens is 2. The topological polar surface area (TPSA) is 55.1 Å². The molecule has 0 spiro atoms. The molecule has 4 nitrogen and oxygen atoms in total. The monoisotopic (exact) mass is 300 g/mol. The molecule has 0 unspecified atom stereocenters. The first-order valence-corrected chi connectivity index (χ1v) is 5.51. The van der Waals surface area contributed by atoms with Gasteiger partial charge < -0.3 is 9.84 Å². The summed E-state index contributed by atoms with van der Waals surface area (Å²) in [5.74, 6) is -0.206. The number of carbonyl (C=O) groups is 1. The van der Waals surface area contributed by atoms with Crippen molar-refractivity contribution in [3.05, 3.63) is 45.7 Å². The van der Waals surface area contributed by atoms with E-state index in [2.05, 4.69) is 26.4 Å². The van der Waals surface area contributed by atoms with E-state index < -0.39 is 0 Å². The summed E-state index contributed by atoms with van der Waals surface area (Å²) in [7, 11) is 0. The van der Waals surface area contributed by atoms with E-state index in [9.17, 15) is 4.79 Å². The second kappa shape index (κ2) is 4.67. The Kier molecular flexibility index (Phi) is 3.26. The van der Waals surface area contributed by atoms with E-state index >= 15 is 0 Å². The minimum Gasteiger partial charge on any atom is -0.351 e. The van der Waals surface area contributed by atoms with Crippen LogP contribution in [-0.4, -0.2) is 11.1 Å². The molecule has 2 aromatic rings. The lowest BCUT2D eigenvalue weighted by molar-refractivity contribution is 0.0988. The zero-order valence-electron chi connectivity index (χ0n) is 7.91. The third-order valence-electron chi connectivity index (χ3n) is 1.84. The number of amides is 1. The lowest BCUT2D eigenvalue weighted by Gasteiger charge is -2.05. The molecule has 1 N–H and O–H groups in total. The molecule has 0 aliphatic rings. The number of hydrogen-bond acceptors (Lipinski definition) is 3. The average molecular weight is 302 g/mol. The van der Waals surface area contributed by atoms with Crippen LogP contribution in [0.1, 0.15) is 10.6 Å². The number of aromatic nitrogens is 1. The largest absolute Gasteiger partial charge is 0.351 e. The Morgan fingerprint density at radius 1 is 1.44 bits per heavy atom. The third-order valence-corrected chi connectivity index (χ3v) is 2.73. The van der Waals surface area contributed by atoms with Crippen molar-refractivity contribution in [2.45, 2.75) is 0 Å². The molecule has 1 aromatic carbocycles. The molecule has 0 bridgehead atoms. The van der Waals surface area contributed by atoms with E-state index in [4.69, 9.17) is 16.1 Å². The Labute approximate surface area is 105 Å². The Balaban J connectivity index is 2.18. The average Bonchev–Trinajstić information content (AvgIpc) is 2.75. The Bertz CT molecular complexity index is 514. The summed E-state index contributed by atoms with van der Waals surface area (Å²) in [5, 5.41) is 6.70. The van der Waals surface area contributed by atoms with Crippen LogP contribution in [-0.2, 0) is 0 Å². The van der Waals surface area contributed by atoms with Gasteiger partial charge in [-0.15, -0.1) is 0 Å². The van der Waals surface area contributed by atoms with Crippen LogP contribution in [0.3, 0.4) is 0 Å². The Morgan fingerprint density at radius 2 is 2.25 bits per heavy atom. The highest BCUT2D eigenvalue weighted by Crippen LogP contribution is 2.26. The first-order chi connectivity index (χ1) is 7.66. The van der Waals surface area contributed by atoms with Crippen LogP contribution in [0.4, 0.5) is 5.69 Å². The van der Waals surface area contributed by atoms with E-state index in [1.54, 1.807) is 18.2 Å². The summed E-state index contributed by atoms with van der Waals surface area (Å²) in [6, 6.07) is 6.56. The highest BCUT2D eigenvalue weighted by Gasteiger charge is 2.11. The van der Waals surface area contributed by atoms with E-state index in [-0.39, 0.29) is 11.7 Å². The second-order valence-electron chi connectivity index (χ2n) is 2.95. The van der Waals surface area contributed by atoms with Gasteiger partial charge in [0.2, 0.25) is 5.76 Å². The van der Waals surface area contributed by atoms with E-state index in [1.807, 2.05) is 0 Å². The number of carbonyl (C=O) groups excluding carboxylic acids is 1. The van der Waals surface area contributed by atoms with Gasteiger partial charge in [-0.2, -0.15) is 0 Å². The SMILES string of the molecule is O=C(Nc1ccc(Cl)cc1Br)c1ccno1. The van der Waals surface area contributed by atoms with Crippen molar-refractivity contribution in [1.82, 2.24) is 5.16 Å². The zero-order valence-corrected chi connectivity index (χ0v) is 10.2. The van der Waals surface area contributed by atoms with Crippen molar-refractivity contribution in [2.75, 3.05) is 5.32 Å². The molecule has 0 atom stereocenters. The molecule has 0 saturated heterocycles. The molecule has 0 saturated carbocycles. The van der Waals surface area contributed by atoms with Crippen LogP contribution < -0.4 is 5.32 Å². The molecule has 0 fully saturated rings. The standard InChI is InChI=1S/C10H6BrClN2O2/c11-7-5-6(12)1-2-8(7)14-10(15)9-3-4-13-16-9/h1-5H,(H,14,15). The zero-order chi connectivity index (χ0) is 11.5. The molecule has 16 heavy (non-hydrogen) atoms. The van der Waals surface area contributed by atoms with Gasteiger partial charge in [-0.1, -0.05) is 16.8 Å². The van der Waals surface area contributed by atoms with Crippen molar-refractivity contribution >= 4 is 39.1 Å². The van der Waals surface area contributed by atoms with Gasteiger partial charge >= 0.3 is 0 Å². The molecule has 6 heteroatoms. The van der Waals surface area contributed by atoms with Crippen molar-refractivity contribution in [1.29, 1.82) is 0 Å². The van der Waals surface area contributed by atoms with Crippen LogP contribution in [0.25, 0.3) is 0 Å². The predicted octanol–water partition coefficient (Wildman–Crippen LogP) is 3.34. The predicted molar refractivity (Wildman–Crippen MR) is 63.6 cm³/mol. The van der Waals surface area contributed by atoms with Crippen LogP contribution in [0.2, 0.25) is 5.02 Å². The Hall–Kier alpha value is -1.33. The quantitative estimate of drug-likeness (QED) is 0.925. The van der Waals surface area contributed by atoms with Gasteiger partial charge in [0.05, 0.1) is 11.9 Å². The van der Waals surface area contributed by atoms with E-state index in [0.717, 1.165) is 0 Å². The lowest BCUT2D eigenvalue weighted by atomic mass is 10.3.